The molecular formula is C14H26N2O3. The molecule has 1 spiro atoms. The number of carbonyl (C=O) groups excluding carboxylic acids is 1. The quantitative estimate of drug-likeness (QED) is 0.835. The topological polar surface area (TPSA) is 50.8 Å². The minimum atomic E-state index is -0.451. The second-order valence-electron chi connectivity index (χ2n) is 6.46. The van der Waals surface area contributed by atoms with Gasteiger partial charge in [0.2, 0.25) is 0 Å². The van der Waals surface area contributed by atoms with Crippen molar-refractivity contribution in [1.82, 2.24) is 10.2 Å². The van der Waals surface area contributed by atoms with Gasteiger partial charge in [0.25, 0.3) is 0 Å². The van der Waals surface area contributed by atoms with Crippen LogP contribution >= 0.6 is 0 Å². The first-order valence-corrected chi connectivity index (χ1v) is 7.24. The number of hydrogen-bond donors (Lipinski definition) is 1. The van der Waals surface area contributed by atoms with Crippen molar-refractivity contribution in [2.45, 2.75) is 64.3 Å². The maximum Gasteiger partial charge on any atom is 0.410 e. The number of amides is 1. The molecule has 5 nitrogen and oxygen atoms in total. The molecule has 110 valence electrons. The van der Waals surface area contributed by atoms with Crippen molar-refractivity contribution in [2.75, 3.05) is 19.7 Å². The van der Waals surface area contributed by atoms with Crippen LogP contribution in [0.4, 0.5) is 4.79 Å². The molecule has 0 saturated carbocycles. The molecule has 0 aliphatic carbocycles. The van der Waals surface area contributed by atoms with E-state index in [1.807, 2.05) is 27.7 Å². The second-order valence-corrected chi connectivity index (χ2v) is 6.46. The van der Waals surface area contributed by atoms with Crippen LogP contribution < -0.4 is 5.32 Å². The largest absolute Gasteiger partial charge is 0.444 e. The van der Waals surface area contributed by atoms with Crippen molar-refractivity contribution in [2.24, 2.45) is 0 Å². The van der Waals surface area contributed by atoms with E-state index in [2.05, 4.69) is 5.32 Å². The first-order valence-electron chi connectivity index (χ1n) is 7.24. The number of nitrogens with zero attached hydrogens (tertiary/aromatic N) is 1. The lowest BCUT2D eigenvalue weighted by molar-refractivity contribution is -0.0113. The van der Waals surface area contributed by atoms with Crippen molar-refractivity contribution < 1.29 is 14.3 Å². The molecule has 1 N–H and O–H groups in total. The molecule has 0 bridgehead atoms. The van der Waals surface area contributed by atoms with Gasteiger partial charge in [-0.25, -0.2) is 4.79 Å². The summed E-state index contributed by atoms with van der Waals surface area (Å²) in [6.45, 7) is 9.92. The molecule has 2 aliphatic rings. The van der Waals surface area contributed by atoms with E-state index in [-0.39, 0.29) is 17.9 Å². The molecule has 2 saturated heterocycles. The Morgan fingerprint density at radius 3 is 2.79 bits per heavy atom. The van der Waals surface area contributed by atoms with Crippen molar-refractivity contribution >= 4 is 6.09 Å². The average Bonchev–Trinajstić information content (AvgIpc) is 2.89. The third kappa shape index (κ3) is 3.39. The maximum absolute atomic E-state index is 12.2. The Hall–Kier alpha value is -0.810. The Morgan fingerprint density at radius 1 is 1.53 bits per heavy atom. The Morgan fingerprint density at radius 2 is 2.26 bits per heavy atom. The summed E-state index contributed by atoms with van der Waals surface area (Å²) in [6.07, 6.45) is 2.81. The molecule has 5 heteroatoms. The molecule has 0 unspecified atom stereocenters. The summed E-state index contributed by atoms with van der Waals surface area (Å²) in [5.41, 5.74) is -0.645. The number of nitrogens with one attached hydrogen (secondary N) is 1. The van der Waals surface area contributed by atoms with E-state index in [1.54, 1.807) is 4.90 Å². The first-order chi connectivity index (χ1) is 8.85. The minimum absolute atomic E-state index is 0.116. The van der Waals surface area contributed by atoms with E-state index in [0.29, 0.717) is 13.2 Å². The van der Waals surface area contributed by atoms with Crippen LogP contribution in [0.5, 0.6) is 0 Å². The summed E-state index contributed by atoms with van der Waals surface area (Å²) >= 11 is 0. The Bertz CT molecular complexity index is 332. The van der Waals surface area contributed by atoms with Gasteiger partial charge in [-0.2, -0.15) is 0 Å². The zero-order chi connectivity index (χ0) is 14.1. The van der Waals surface area contributed by atoms with Crippen molar-refractivity contribution in [1.29, 1.82) is 0 Å². The van der Waals surface area contributed by atoms with Crippen LogP contribution in [0, 0.1) is 0 Å². The highest BCUT2D eigenvalue weighted by Crippen LogP contribution is 2.34. The van der Waals surface area contributed by atoms with Crippen LogP contribution in [0.1, 0.15) is 47.0 Å². The Labute approximate surface area is 115 Å². The third-order valence-corrected chi connectivity index (χ3v) is 3.73. The van der Waals surface area contributed by atoms with Crippen molar-refractivity contribution in [3.63, 3.8) is 0 Å². The van der Waals surface area contributed by atoms with Crippen LogP contribution in [0.2, 0.25) is 0 Å². The summed E-state index contributed by atoms with van der Waals surface area (Å²) in [5, 5.41) is 3.43. The molecule has 2 rings (SSSR count). The average molecular weight is 270 g/mol. The summed E-state index contributed by atoms with van der Waals surface area (Å²) in [6, 6.07) is 0.116. The normalized spacial score (nSPS) is 30.8. The lowest BCUT2D eigenvalue weighted by atomic mass is 10.0. The fraction of sp³-hybridized carbons (Fsp3) is 0.929. The van der Waals surface area contributed by atoms with Crippen molar-refractivity contribution in [3.8, 4) is 0 Å². The van der Waals surface area contributed by atoms with Crippen LogP contribution in [-0.4, -0.2) is 48.1 Å². The van der Waals surface area contributed by atoms with E-state index >= 15 is 0 Å². The maximum atomic E-state index is 12.2. The van der Waals surface area contributed by atoms with Crippen LogP contribution in [0.25, 0.3) is 0 Å². The van der Waals surface area contributed by atoms with E-state index in [9.17, 15) is 4.79 Å². The highest BCUT2D eigenvalue weighted by atomic mass is 16.6. The molecular weight excluding hydrogens is 244 g/mol. The highest BCUT2D eigenvalue weighted by molar-refractivity contribution is 5.68. The molecule has 0 aromatic carbocycles. The molecule has 1 amide bonds. The van der Waals surface area contributed by atoms with Crippen LogP contribution in [0.15, 0.2) is 0 Å². The Balaban J connectivity index is 1.97. The molecule has 0 aromatic rings. The standard InChI is InChI=1S/C14H26N2O3/c1-5-16(12(17)19-13(2,3)4)11-9-14(18-10-11)7-6-8-15-14/h11,15H,5-10H2,1-4H3/t11-,14+/m1/s1. The summed E-state index contributed by atoms with van der Waals surface area (Å²) in [4.78, 5) is 14.0. The fourth-order valence-electron chi connectivity index (χ4n) is 2.89. The van der Waals surface area contributed by atoms with Gasteiger partial charge in [0.15, 0.2) is 0 Å². The predicted octanol–water partition coefficient (Wildman–Crippen LogP) is 2.11. The molecule has 0 aromatic heterocycles. The van der Waals surface area contributed by atoms with Gasteiger partial charge in [-0.15, -0.1) is 0 Å². The number of carbonyl (C=O) groups is 1. The number of likely N-dealkylation sites (N-methyl/N-ethyl adjacent to an activating group) is 1. The molecule has 2 heterocycles. The van der Waals surface area contributed by atoms with Crippen LogP contribution in [0.3, 0.4) is 0 Å². The Kier molecular flexibility index (Phi) is 4.06. The second kappa shape index (κ2) is 5.29. The van der Waals surface area contributed by atoms with Gasteiger partial charge in [-0.3, -0.25) is 5.32 Å². The van der Waals surface area contributed by atoms with Gasteiger partial charge in [-0.1, -0.05) is 0 Å². The minimum Gasteiger partial charge on any atom is -0.444 e. The molecule has 19 heavy (non-hydrogen) atoms. The summed E-state index contributed by atoms with van der Waals surface area (Å²) in [7, 11) is 0. The van der Waals surface area contributed by atoms with E-state index < -0.39 is 5.60 Å². The smallest absolute Gasteiger partial charge is 0.410 e. The van der Waals surface area contributed by atoms with Gasteiger partial charge < -0.3 is 14.4 Å². The summed E-state index contributed by atoms with van der Waals surface area (Å²) < 4.78 is 11.4. The lowest BCUT2D eigenvalue weighted by Gasteiger charge is -2.30. The van der Waals surface area contributed by atoms with Gasteiger partial charge in [-0.05, 0) is 47.1 Å². The molecule has 2 atom stereocenters. The molecule has 2 fully saturated rings. The zero-order valence-corrected chi connectivity index (χ0v) is 12.5. The van der Waals surface area contributed by atoms with Crippen LogP contribution in [-0.2, 0) is 9.47 Å². The fourth-order valence-corrected chi connectivity index (χ4v) is 2.89. The van der Waals surface area contributed by atoms with E-state index in [4.69, 9.17) is 9.47 Å². The van der Waals surface area contributed by atoms with E-state index in [1.165, 1.54) is 0 Å². The van der Waals surface area contributed by atoms with Gasteiger partial charge in [0.1, 0.15) is 11.3 Å². The summed E-state index contributed by atoms with van der Waals surface area (Å²) in [5.74, 6) is 0. The van der Waals surface area contributed by atoms with Gasteiger partial charge >= 0.3 is 6.09 Å². The lowest BCUT2D eigenvalue weighted by Crippen LogP contribution is -2.45. The van der Waals surface area contributed by atoms with Gasteiger partial charge in [0, 0.05) is 13.0 Å². The third-order valence-electron chi connectivity index (χ3n) is 3.73. The molecule has 0 radical (unpaired) electrons. The highest BCUT2D eigenvalue weighted by Gasteiger charge is 2.45. The van der Waals surface area contributed by atoms with Gasteiger partial charge in [0.05, 0.1) is 12.6 Å². The first kappa shape index (κ1) is 14.6. The predicted molar refractivity (Wildman–Crippen MR) is 72.9 cm³/mol. The number of ether oxygens (including phenoxy) is 2. The number of hydrogen-bond acceptors (Lipinski definition) is 4. The van der Waals surface area contributed by atoms with Crippen molar-refractivity contribution in [3.05, 3.63) is 0 Å². The monoisotopic (exact) mass is 270 g/mol. The number of rotatable bonds is 2. The van der Waals surface area contributed by atoms with E-state index in [0.717, 1.165) is 25.8 Å². The zero-order valence-electron chi connectivity index (χ0n) is 12.5. The SMILES string of the molecule is CCN(C(=O)OC(C)(C)C)[C@H]1CO[C@@]2(CCCN2)C1. The molecule has 2 aliphatic heterocycles.